The van der Waals surface area contributed by atoms with Gasteiger partial charge in [0.1, 0.15) is 12.4 Å². The number of nitrogens with two attached hydrogens (primary N) is 1. The maximum Gasteiger partial charge on any atom is 0.275 e. The highest BCUT2D eigenvalue weighted by Gasteiger charge is 2.34. The van der Waals surface area contributed by atoms with Crippen LogP contribution < -0.4 is 15.4 Å². The summed E-state index contributed by atoms with van der Waals surface area (Å²) >= 11 is 0. The third-order valence-corrected chi connectivity index (χ3v) is 5.90. The van der Waals surface area contributed by atoms with Crippen molar-refractivity contribution in [3.8, 4) is 0 Å². The Morgan fingerprint density at radius 2 is 1.79 bits per heavy atom. The quantitative estimate of drug-likeness (QED) is 0.608. The second-order valence-electron chi connectivity index (χ2n) is 7.32. The van der Waals surface area contributed by atoms with E-state index >= 15 is 0 Å². The minimum absolute atomic E-state index is 0.0402. The fourth-order valence-electron chi connectivity index (χ4n) is 3.24. The molecule has 150 valence electrons. The van der Waals surface area contributed by atoms with Gasteiger partial charge in [0.25, 0.3) is 5.91 Å². The molecule has 3 rings (SSSR count). The first kappa shape index (κ1) is 20.4. The van der Waals surface area contributed by atoms with Crippen LogP contribution in [0.15, 0.2) is 53.4 Å². The highest BCUT2D eigenvalue weighted by Crippen LogP contribution is 2.17. The van der Waals surface area contributed by atoms with E-state index in [4.69, 9.17) is 5.14 Å². The first-order chi connectivity index (χ1) is 13.2. The van der Waals surface area contributed by atoms with Gasteiger partial charge in [0.2, 0.25) is 10.0 Å². The maximum absolute atomic E-state index is 13.1. The molecule has 6 nitrogen and oxygen atoms in total. The van der Waals surface area contributed by atoms with E-state index < -0.39 is 10.0 Å². The van der Waals surface area contributed by atoms with Crippen molar-refractivity contribution in [3.63, 3.8) is 0 Å². The van der Waals surface area contributed by atoms with E-state index in [1.54, 1.807) is 24.3 Å². The average Bonchev–Trinajstić information content (AvgIpc) is 3.47. The molecule has 2 atom stereocenters. The first-order valence-corrected chi connectivity index (χ1v) is 10.8. The molecule has 1 amide bonds. The van der Waals surface area contributed by atoms with E-state index in [-0.39, 0.29) is 22.7 Å². The molecule has 0 aliphatic heterocycles. The van der Waals surface area contributed by atoms with Crippen LogP contribution in [0.1, 0.15) is 36.9 Å². The zero-order chi connectivity index (χ0) is 20.3. The van der Waals surface area contributed by atoms with Gasteiger partial charge in [-0.25, -0.2) is 17.9 Å². The van der Waals surface area contributed by atoms with Crippen LogP contribution in [0.2, 0.25) is 0 Å². The molecule has 28 heavy (non-hydrogen) atoms. The monoisotopic (exact) mass is 406 g/mol. The SMILES string of the molecule is C[C@@H](NC(=O)C[NH+](Cc1ccc(F)cc1)C1CC1)c1ccc(S(N)(=O)=O)cc1. The van der Waals surface area contributed by atoms with Gasteiger partial charge in [0, 0.05) is 18.4 Å². The fraction of sp³-hybridized carbons (Fsp3) is 0.350. The minimum Gasteiger partial charge on any atom is -0.345 e. The molecule has 0 bridgehead atoms. The van der Waals surface area contributed by atoms with Crippen molar-refractivity contribution < 1.29 is 22.5 Å². The van der Waals surface area contributed by atoms with E-state index in [1.165, 1.54) is 29.2 Å². The summed E-state index contributed by atoms with van der Waals surface area (Å²) in [6.45, 7) is 2.86. The predicted molar refractivity (Wildman–Crippen MR) is 103 cm³/mol. The number of quaternary nitrogens is 1. The largest absolute Gasteiger partial charge is 0.345 e. The third kappa shape index (κ3) is 5.60. The molecule has 2 aromatic carbocycles. The number of rotatable bonds is 8. The van der Waals surface area contributed by atoms with Crippen molar-refractivity contribution in [1.29, 1.82) is 0 Å². The lowest BCUT2D eigenvalue weighted by Gasteiger charge is -2.21. The van der Waals surface area contributed by atoms with Crippen LogP contribution in [0.25, 0.3) is 0 Å². The molecule has 0 aromatic heterocycles. The maximum atomic E-state index is 13.1. The standard InChI is InChI=1S/C20H24FN3O3S/c1-14(16-4-10-19(11-5-16)28(22,26)27)23-20(25)13-24(18-8-9-18)12-15-2-6-17(21)7-3-15/h2-7,10-11,14,18H,8-9,12-13H2,1H3,(H,23,25)(H2,22,26,27)/p+1/t14-/m1/s1. The van der Waals surface area contributed by atoms with Gasteiger partial charge in [0.05, 0.1) is 17.0 Å². The van der Waals surface area contributed by atoms with E-state index in [1.807, 2.05) is 6.92 Å². The Balaban J connectivity index is 1.59. The van der Waals surface area contributed by atoms with E-state index in [2.05, 4.69) is 5.32 Å². The Morgan fingerprint density at radius 1 is 1.18 bits per heavy atom. The molecular formula is C20H25FN3O3S+. The zero-order valence-electron chi connectivity index (χ0n) is 15.7. The molecule has 4 N–H and O–H groups in total. The number of halogens is 1. The van der Waals surface area contributed by atoms with Crippen LogP contribution in [0.4, 0.5) is 4.39 Å². The summed E-state index contributed by atoms with van der Waals surface area (Å²) < 4.78 is 35.8. The Morgan fingerprint density at radius 3 is 2.32 bits per heavy atom. The third-order valence-electron chi connectivity index (χ3n) is 4.97. The van der Waals surface area contributed by atoms with Crippen molar-refractivity contribution in [2.45, 2.75) is 43.3 Å². The number of amides is 1. The van der Waals surface area contributed by atoms with Crippen molar-refractivity contribution in [2.24, 2.45) is 5.14 Å². The summed E-state index contributed by atoms with van der Waals surface area (Å²) in [6, 6.07) is 12.8. The van der Waals surface area contributed by atoms with E-state index in [9.17, 15) is 17.6 Å². The number of carbonyl (C=O) groups is 1. The van der Waals surface area contributed by atoms with E-state index in [0.717, 1.165) is 24.0 Å². The lowest BCUT2D eigenvalue weighted by atomic mass is 10.1. The molecule has 2 aromatic rings. The Hall–Kier alpha value is -2.29. The number of nitrogens with one attached hydrogen (secondary N) is 2. The molecule has 0 spiro atoms. The Labute approximate surface area is 164 Å². The Bertz CT molecular complexity index is 926. The number of hydrogen-bond donors (Lipinski definition) is 3. The van der Waals surface area contributed by atoms with Gasteiger partial charge in [-0.2, -0.15) is 0 Å². The van der Waals surface area contributed by atoms with Crippen LogP contribution >= 0.6 is 0 Å². The van der Waals surface area contributed by atoms with Crippen molar-refractivity contribution in [1.82, 2.24) is 5.32 Å². The van der Waals surface area contributed by atoms with Crippen molar-refractivity contribution >= 4 is 15.9 Å². The topological polar surface area (TPSA) is 93.7 Å². The molecule has 1 aliphatic rings. The van der Waals surface area contributed by atoms with Crippen LogP contribution in [-0.2, 0) is 21.4 Å². The molecule has 0 radical (unpaired) electrons. The summed E-state index contributed by atoms with van der Waals surface area (Å²) in [7, 11) is -3.73. The summed E-state index contributed by atoms with van der Waals surface area (Å²) in [5.41, 5.74) is 1.80. The second kappa shape index (κ2) is 8.38. The summed E-state index contributed by atoms with van der Waals surface area (Å²) in [5.74, 6) is -0.344. The lowest BCUT2D eigenvalue weighted by molar-refractivity contribution is -0.917. The number of hydrogen-bond acceptors (Lipinski definition) is 3. The lowest BCUT2D eigenvalue weighted by Crippen LogP contribution is -3.13. The summed E-state index contributed by atoms with van der Waals surface area (Å²) in [5, 5.41) is 8.07. The van der Waals surface area contributed by atoms with Gasteiger partial charge in [-0.3, -0.25) is 4.79 Å². The average molecular weight is 407 g/mol. The minimum atomic E-state index is -3.73. The number of carbonyl (C=O) groups excluding carboxylic acids is 1. The van der Waals surface area contributed by atoms with Gasteiger partial charge < -0.3 is 10.2 Å². The van der Waals surface area contributed by atoms with E-state index in [0.29, 0.717) is 19.1 Å². The van der Waals surface area contributed by atoms with Crippen molar-refractivity contribution in [2.75, 3.05) is 6.54 Å². The molecular weight excluding hydrogens is 381 g/mol. The first-order valence-electron chi connectivity index (χ1n) is 9.23. The zero-order valence-corrected chi connectivity index (χ0v) is 16.5. The van der Waals surface area contributed by atoms with Crippen molar-refractivity contribution in [3.05, 3.63) is 65.5 Å². The predicted octanol–water partition coefficient (Wildman–Crippen LogP) is 0.898. The van der Waals surface area contributed by atoms with Crippen LogP contribution in [-0.4, -0.2) is 26.9 Å². The highest BCUT2D eigenvalue weighted by molar-refractivity contribution is 7.89. The van der Waals surface area contributed by atoms with Gasteiger partial charge in [0.15, 0.2) is 6.54 Å². The van der Waals surface area contributed by atoms with Crippen LogP contribution in [0.3, 0.4) is 0 Å². The second-order valence-corrected chi connectivity index (χ2v) is 8.88. The molecule has 1 aliphatic carbocycles. The molecule has 1 unspecified atom stereocenters. The van der Waals surface area contributed by atoms with Crippen LogP contribution in [0, 0.1) is 5.82 Å². The molecule has 0 saturated heterocycles. The van der Waals surface area contributed by atoms with Gasteiger partial charge in [-0.15, -0.1) is 0 Å². The normalized spacial score (nSPS) is 16.4. The smallest absolute Gasteiger partial charge is 0.275 e. The number of benzene rings is 2. The fourth-order valence-corrected chi connectivity index (χ4v) is 3.75. The van der Waals surface area contributed by atoms with Crippen LogP contribution in [0.5, 0.6) is 0 Å². The summed E-state index contributed by atoms with van der Waals surface area (Å²) in [6.07, 6.45) is 2.18. The number of sulfonamides is 1. The molecule has 1 fully saturated rings. The Kier molecular flexibility index (Phi) is 6.12. The molecule has 0 heterocycles. The highest BCUT2D eigenvalue weighted by atomic mass is 32.2. The molecule has 1 saturated carbocycles. The molecule has 8 heteroatoms. The number of primary sulfonamides is 1. The van der Waals surface area contributed by atoms with Gasteiger partial charge in [-0.1, -0.05) is 24.3 Å². The van der Waals surface area contributed by atoms with Gasteiger partial charge in [-0.05, 0) is 36.8 Å². The summed E-state index contributed by atoms with van der Waals surface area (Å²) in [4.78, 5) is 13.7. The van der Waals surface area contributed by atoms with Gasteiger partial charge >= 0.3 is 0 Å².